The molecule has 5 heteroatoms. The topological polar surface area (TPSA) is 92.3 Å². The van der Waals surface area contributed by atoms with Crippen LogP contribution in [0.3, 0.4) is 0 Å². The van der Waals surface area contributed by atoms with Crippen LogP contribution < -0.4 is 5.73 Å². The highest BCUT2D eigenvalue weighted by atomic mass is 16.3. The van der Waals surface area contributed by atoms with Crippen LogP contribution in [0.1, 0.15) is 11.8 Å². The van der Waals surface area contributed by atoms with Crippen molar-refractivity contribution in [2.75, 3.05) is 12.3 Å². The molecule has 0 fully saturated rings. The summed E-state index contributed by atoms with van der Waals surface area (Å²) >= 11 is 0. The van der Waals surface area contributed by atoms with Gasteiger partial charge in [0.2, 0.25) is 0 Å². The predicted molar refractivity (Wildman–Crippen MR) is 38.5 cm³/mol. The predicted octanol–water partition coefficient (Wildman–Crippen LogP) is -0.916. The number of aliphatic hydroxyl groups is 2. The van der Waals surface area contributed by atoms with Crippen LogP contribution in [0.15, 0.2) is 12.4 Å². The van der Waals surface area contributed by atoms with Crippen molar-refractivity contribution in [2.24, 2.45) is 0 Å². The lowest BCUT2D eigenvalue weighted by molar-refractivity contribution is 0.0926. The summed E-state index contributed by atoms with van der Waals surface area (Å²) in [6, 6.07) is 0. The maximum Gasteiger partial charge on any atom is 0.147 e. The highest BCUT2D eigenvalue weighted by molar-refractivity contribution is 5.34. The van der Waals surface area contributed by atoms with Gasteiger partial charge in [0.05, 0.1) is 6.61 Å². The summed E-state index contributed by atoms with van der Waals surface area (Å²) in [6.07, 6.45) is 1.79. The monoisotopic (exact) mass is 155 g/mol. The molecule has 0 aliphatic rings. The van der Waals surface area contributed by atoms with E-state index in [2.05, 4.69) is 9.97 Å². The molecule has 1 aromatic heterocycles. The Labute approximate surface area is 63.5 Å². The molecule has 1 aromatic rings. The molecule has 0 amide bonds. The molecule has 4 N–H and O–H groups in total. The van der Waals surface area contributed by atoms with Crippen molar-refractivity contribution in [1.29, 1.82) is 0 Å². The first-order valence-corrected chi connectivity index (χ1v) is 3.11. The van der Waals surface area contributed by atoms with Gasteiger partial charge in [0.1, 0.15) is 17.6 Å². The minimum atomic E-state index is -1.04. The summed E-state index contributed by atoms with van der Waals surface area (Å²) in [7, 11) is 0. The van der Waals surface area contributed by atoms with E-state index < -0.39 is 12.7 Å². The number of hydrogen-bond acceptors (Lipinski definition) is 5. The molecule has 0 radical (unpaired) electrons. The zero-order valence-electron chi connectivity index (χ0n) is 5.81. The third-order valence-electron chi connectivity index (χ3n) is 1.24. The number of nitrogens with two attached hydrogens (primary N) is 1. The van der Waals surface area contributed by atoms with Gasteiger partial charge in [-0.2, -0.15) is 0 Å². The van der Waals surface area contributed by atoms with Crippen molar-refractivity contribution in [1.82, 2.24) is 9.97 Å². The van der Waals surface area contributed by atoms with Gasteiger partial charge >= 0.3 is 0 Å². The van der Waals surface area contributed by atoms with Gasteiger partial charge in [-0.15, -0.1) is 0 Å². The van der Waals surface area contributed by atoms with Crippen LogP contribution in [0.5, 0.6) is 0 Å². The Morgan fingerprint density at radius 2 is 2.09 bits per heavy atom. The van der Waals surface area contributed by atoms with Crippen molar-refractivity contribution in [3.05, 3.63) is 18.1 Å². The van der Waals surface area contributed by atoms with E-state index >= 15 is 0 Å². The second-order valence-corrected chi connectivity index (χ2v) is 2.03. The number of nitrogen functional groups attached to an aromatic ring is 1. The smallest absolute Gasteiger partial charge is 0.147 e. The third kappa shape index (κ3) is 1.63. The lowest BCUT2D eigenvalue weighted by atomic mass is 10.2. The van der Waals surface area contributed by atoms with E-state index in [0.29, 0.717) is 0 Å². The third-order valence-corrected chi connectivity index (χ3v) is 1.24. The van der Waals surface area contributed by atoms with E-state index in [1.54, 1.807) is 0 Å². The van der Waals surface area contributed by atoms with Gasteiger partial charge in [-0.1, -0.05) is 0 Å². The summed E-state index contributed by atoms with van der Waals surface area (Å²) in [5, 5.41) is 17.6. The summed E-state index contributed by atoms with van der Waals surface area (Å²) in [4.78, 5) is 7.44. The maximum absolute atomic E-state index is 9.08. The van der Waals surface area contributed by atoms with Crippen LogP contribution in [-0.4, -0.2) is 26.8 Å². The second kappa shape index (κ2) is 3.27. The van der Waals surface area contributed by atoms with Crippen molar-refractivity contribution >= 4 is 5.82 Å². The summed E-state index contributed by atoms with van der Waals surface area (Å²) in [6.45, 7) is -0.400. The van der Waals surface area contributed by atoms with E-state index in [-0.39, 0.29) is 11.5 Å². The Balaban J connectivity index is 2.93. The number of aliphatic hydroxyl groups excluding tert-OH is 2. The second-order valence-electron chi connectivity index (χ2n) is 2.03. The Kier molecular flexibility index (Phi) is 2.35. The van der Waals surface area contributed by atoms with Crippen molar-refractivity contribution in [3.8, 4) is 0 Å². The molecule has 0 aliphatic heterocycles. The first-order chi connectivity index (χ1) is 5.25. The van der Waals surface area contributed by atoms with Gasteiger partial charge in [0.25, 0.3) is 0 Å². The van der Waals surface area contributed by atoms with Crippen LogP contribution in [-0.2, 0) is 0 Å². The first kappa shape index (κ1) is 7.90. The molecule has 0 saturated heterocycles. The van der Waals surface area contributed by atoms with Crippen LogP contribution in [0.25, 0.3) is 0 Å². The van der Waals surface area contributed by atoms with E-state index in [1.807, 2.05) is 0 Å². The molecular formula is C6H9N3O2. The quantitative estimate of drug-likeness (QED) is 0.514. The molecule has 0 aliphatic carbocycles. The molecule has 11 heavy (non-hydrogen) atoms. The van der Waals surface area contributed by atoms with Crippen LogP contribution in [0.2, 0.25) is 0 Å². The van der Waals surface area contributed by atoms with Gasteiger partial charge in [-0.05, 0) is 0 Å². The highest BCUT2D eigenvalue weighted by Gasteiger charge is 2.10. The van der Waals surface area contributed by atoms with Crippen LogP contribution in [0.4, 0.5) is 5.82 Å². The van der Waals surface area contributed by atoms with Crippen molar-refractivity contribution in [2.45, 2.75) is 6.10 Å². The SMILES string of the molecule is Nc1nccnc1C(O)CO. The van der Waals surface area contributed by atoms with E-state index in [9.17, 15) is 0 Å². The van der Waals surface area contributed by atoms with Crippen molar-refractivity contribution in [3.63, 3.8) is 0 Å². The minimum Gasteiger partial charge on any atom is -0.393 e. The largest absolute Gasteiger partial charge is 0.393 e. The zero-order chi connectivity index (χ0) is 8.27. The molecule has 0 spiro atoms. The fourth-order valence-corrected chi connectivity index (χ4v) is 0.703. The standard InChI is InChI=1S/C6H9N3O2/c7-6-5(4(11)3-10)8-1-2-9-6/h1-2,4,10-11H,3H2,(H2,7,9). The van der Waals surface area contributed by atoms with Gasteiger partial charge < -0.3 is 15.9 Å². The van der Waals surface area contributed by atoms with Gasteiger partial charge in [-0.3, -0.25) is 4.98 Å². The number of hydrogen-bond donors (Lipinski definition) is 3. The molecule has 1 unspecified atom stereocenters. The fourth-order valence-electron chi connectivity index (χ4n) is 0.703. The number of aromatic nitrogens is 2. The van der Waals surface area contributed by atoms with Crippen LogP contribution in [0, 0.1) is 0 Å². The molecule has 5 nitrogen and oxygen atoms in total. The molecule has 1 atom stereocenters. The summed E-state index contributed by atoms with van der Waals surface area (Å²) in [5.41, 5.74) is 5.57. The number of rotatable bonds is 2. The normalized spacial score (nSPS) is 12.9. The fraction of sp³-hybridized carbons (Fsp3) is 0.333. The summed E-state index contributed by atoms with van der Waals surface area (Å²) in [5.74, 6) is 0.147. The number of anilines is 1. The Morgan fingerprint density at radius 1 is 1.45 bits per heavy atom. The average Bonchev–Trinajstić information content (AvgIpc) is 2.04. The van der Waals surface area contributed by atoms with E-state index in [4.69, 9.17) is 15.9 Å². The average molecular weight is 155 g/mol. The first-order valence-electron chi connectivity index (χ1n) is 3.11. The molecule has 60 valence electrons. The molecule has 1 rings (SSSR count). The molecule has 0 saturated carbocycles. The van der Waals surface area contributed by atoms with Gasteiger partial charge in [-0.25, -0.2) is 4.98 Å². The maximum atomic E-state index is 9.08. The van der Waals surface area contributed by atoms with Gasteiger partial charge in [0.15, 0.2) is 0 Å². The lowest BCUT2D eigenvalue weighted by Crippen LogP contribution is -2.09. The Bertz CT molecular complexity index is 241. The molecule has 1 heterocycles. The van der Waals surface area contributed by atoms with Crippen molar-refractivity contribution < 1.29 is 10.2 Å². The molecule has 0 bridgehead atoms. The highest BCUT2D eigenvalue weighted by Crippen LogP contribution is 2.12. The molecular weight excluding hydrogens is 146 g/mol. The number of nitrogens with zero attached hydrogens (tertiary/aromatic N) is 2. The van der Waals surface area contributed by atoms with E-state index in [1.165, 1.54) is 12.4 Å². The summed E-state index contributed by atoms with van der Waals surface area (Å²) < 4.78 is 0. The van der Waals surface area contributed by atoms with Crippen LogP contribution >= 0.6 is 0 Å². The Hall–Kier alpha value is -1.20. The zero-order valence-corrected chi connectivity index (χ0v) is 5.81. The molecule has 0 aromatic carbocycles. The minimum absolute atomic E-state index is 0.147. The Morgan fingerprint density at radius 3 is 2.64 bits per heavy atom. The van der Waals surface area contributed by atoms with E-state index in [0.717, 1.165) is 0 Å². The lowest BCUT2D eigenvalue weighted by Gasteiger charge is -2.06. The van der Waals surface area contributed by atoms with Gasteiger partial charge in [0, 0.05) is 12.4 Å².